The minimum Gasteiger partial charge on any atom is -0.365 e. The highest BCUT2D eigenvalue weighted by Crippen LogP contribution is 2.29. The van der Waals surface area contributed by atoms with E-state index < -0.39 is 41.2 Å². The molecule has 0 aromatic carbocycles. The molecule has 0 spiro atoms. The molecule has 0 radical (unpaired) electrons. The summed E-state index contributed by atoms with van der Waals surface area (Å²) in [5.41, 5.74) is 2.90. The third-order valence-electron chi connectivity index (χ3n) is 4.61. The van der Waals surface area contributed by atoms with Crippen molar-refractivity contribution in [3.05, 3.63) is 68.6 Å². The van der Waals surface area contributed by atoms with E-state index in [4.69, 9.17) is 10.3 Å². The molecule has 8 nitrogen and oxygen atoms in total. The van der Waals surface area contributed by atoms with Crippen LogP contribution in [0.3, 0.4) is 0 Å². The maximum absolute atomic E-state index is 13.4. The fourth-order valence-corrected chi connectivity index (χ4v) is 3.26. The zero-order valence-electron chi connectivity index (χ0n) is 16.2. The van der Waals surface area contributed by atoms with Gasteiger partial charge in [-0.3, -0.25) is 23.5 Å². The molecule has 0 unspecified atom stereocenters. The first-order valence-corrected chi connectivity index (χ1v) is 8.68. The predicted molar refractivity (Wildman–Crippen MR) is 98.6 cm³/mol. The summed E-state index contributed by atoms with van der Waals surface area (Å²) in [4.78, 5) is 36.6. The van der Waals surface area contributed by atoms with E-state index in [9.17, 15) is 27.6 Å². The van der Waals surface area contributed by atoms with E-state index in [-0.39, 0.29) is 10.1 Å². The Bertz CT molecular complexity index is 1220. The number of hydrogen-bond acceptors (Lipinski definition) is 5. The number of nitrogens with two attached hydrogens (primary N) is 1. The van der Waals surface area contributed by atoms with Gasteiger partial charge in [0.1, 0.15) is 17.0 Å². The molecule has 0 aliphatic rings. The van der Waals surface area contributed by atoms with Gasteiger partial charge in [0.2, 0.25) is 0 Å². The number of hydrogen-bond donors (Lipinski definition) is 1. The summed E-state index contributed by atoms with van der Waals surface area (Å²) >= 11 is 0. The van der Waals surface area contributed by atoms with Crippen LogP contribution in [0.2, 0.25) is 0 Å². The zero-order valence-corrected chi connectivity index (χ0v) is 16.2. The molecule has 2 N–H and O–H groups in total. The Hall–Kier alpha value is -3.63. The van der Waals surface area contributed by atoms with Gasteiger partial charge in [-0.15, -0.1) is 0 Å². The van der Waals surface area contributed by atoms with Crippen molar-refractivity contribution in [2.45, 2.75) is 33.5 Å². The van der Waals surface area contributed by atoms with Crippen LogP contribution < -0.4 is 11.3 Å². The number of nitrogens with zero attached hydrogens (tertiary/aromatic N) is 3. The average Bonchev–Trinajstić information content (AvgIpc) is 3.17. The molecule has 158 valence electrons. The molecule has 1 amide bonds. The monoisotopic (exact) mass is 422 g/mol. The minimum absolute atomic E-state index is 0.109. The van der Waals surface area contributed by atoms with Gasteiger partial charge in [0.25, 0.3) is 11.5 Å². The summed E-state index contributed by atoms with van der Waals surface area (Å²) < 4.78 is 47.0. The van der Waals surface area contributed by atoms with E-state index in [2.05, 4.69) is 5.16 Å². The molecule has 3 rings (SSSR count). The third-order valence-corrected chi connectivity index (χ3v) is 4.61. The molecule has 0 bridgehead atoms. The van der Waals surface area contributed by atoms with E-state index in [0.717, 1.165) is 0 Å². The topological polar surface area (TPSA) is 113 Å². The highest BCUT2D eigenvalue weighted by atomic mass is 19.4. The lowest BCUT2D eigenvalue weighted by atomic mass is 10.1. The lowest BCUT2D eigenvalue weighted by Gasteiger charge is -2.15. The van der Waals surface area contributed by atoms with Crippen LogP contribution in [0.15, 0.2) is 33.6 Å². The van der Waals surface area contributed by atoms with Gasteiger partial charge in [0, 0.05) is 23.0 Å². The van der Waals surface area contributed by atoms with E-state index in [1.807, 2.05) is 0 Å². The number of halogens is 3. The molecule has 0 aliphatic carbocycles. The third kappa shape index (κ3) is 3.65. The molecular weight excluding hydrogens is 405 g/mol. The van der Waals surface area contributed by atoms with Gasteiger partial charge >= 0.3 is 6.18 Å². The number of aromatic nitrogens is 3. The van der Waals surface area contributed by atoms with Gasteiger partial charge in [0.15, 0.2) is 11.6 Å². The number of alkyl halides is 3. The Morgan fingerprint density at radius 3 is 2.33 bits per heavy atom. The fourth-order valence-electron chi connectivity index (χ4n) is 3.26. The Balaban J connectivity index is 2.08. The lowest BCUT2D eigenvalue weighted by molar-refractivity contribution is -0.144. The molecule has 0 saturated carbocycles. The number of pyridine rings is 1. The van der Waals surface area contributed by atoms with Crippen molar-refractivity contribution in [3.63, 3.8) is 0 Å². The van der Waals surface area contributed by atoms with Crippen molar-refractivity contribution in [1.29, 1.82) is 0 Å². The van der Waals surface area contributed by atoms with Crippen LogP contribution in [0, 0.1) is 20.8 Å². The van der Waals surface area contributed by atoms with Crippen LogP contribution in [0.5, 0.6) is 0 Å². The fraction of sp³-hybridized carbons (Fsp3) is 0.263. The number of carbonyl (C=O) groups excluding carboxylic acids is 2. The maximum Gasteiger partial charge on any atom is 0.431 e. The second-order valence-corrected chi connectivity index (χ2v) is 6.72. The second kappa shape index (κ2) is 7.32. The summed E-state index contributed by atoms with van der Waals surface area (Å²) in [6, 6.07) is 4.37. The highest BCUT2D eigenvalue weighted by Gasteiger charge is 2.36. The van der Waals surface area contributed by atoms with Gasteiger partial charge in [-0.05, 0) is 39.0 Å². The normalized spacial score (nSPS) is 11.7. The molecule has 3 aromatic rings. The van der Waals surface area contributed by atoms with Gasteiger partial charge in [-0.1, -0.05) is 5.16 Å². The number of aryl methyl sites for hydroxylation is 2. The van der Waals surface area contributed by atoms with Gasteiger partial charge in [-0.25, -0.2) is 0 Å². The molecule has 3 aromatic heterocycles. The lowest BCUT2D eigenvalue weighted by Crippen LogP contribution is -2.35. The number of Topliss-reactive ketones (excluding diaryl/α,β-unsaturated/α-hetero) is 1. The first-order valence-electron chi connectivity index (χ1n) is 8.68. The minimum atomic E-state index is -4.91. The highest BCUT2D eigenvalue weighted by molar-refractivity contribution is 5.98. The predicted octanol–water partition coefficient (Wildman–Crippen LogP) is 2.55. The maximum atomic E-state index is 13.4. The number of rotatable bonds is 5. The Morgan fingerprint density at radius 2 is 1.80 bits per heavy atom. The first kappa shape index (κ1) is 21.1. The van der Waals surface area contributed by atoms with Gasteiger partial charge < -0.3 is 10.3 Å². The van der Waals surface area contributed by atoms with E-state index in [1.54, 1.807) is 31.4 Å². The standard InChI is InChI=1S/C19H17F3N4O4/c1-9-6-13(11(3)26(9)16-7-10(2)30-24-16)14(27)8-25-15(19(20,21)22)5-4-12(17(23)28)18(25)29/h4-7H,8H2,1-3H3,(H2,23,28). The van der Waals surface area contributed by atoms with Crippen molar-refractivity contribution in [3.8, 4) is 5.82 Å². The molecule has 0 saturated heterocycles. The summed E-state index contributed by atoms with van der Waals surface area (Å²) in [7, 11) is 0. The number of primary amides is 1. The van der Waals surface area contributed by atoms with E-state index in [1.165, 1.54) is 6.07 Å². The molecule has 3 heterocycles. The van der Waals surface area contributed by atoms with Crippen LogP contribution in [0.25, 0.3) is 5.82 Å². The van der Waals surface area contributed by atoms with Crippen molar-refractivity contribution in [2.75, 3.05) is 0 Å². The first-order chi connectivity index (χ1) is 13.9. The molecule has 30 heavy (non-hydrogen) atoms. The number of amides is 1. The van der Waals surface area contributed by atoms with Crippen LogP contribution in [0.1, 0.15) is 43.6 Å². The average molecular weight is 422 g/mol. The van der Waals surface area contributed by atoms with Crippen LogP contribution in [-0.2, 0) is 12.7 Å². The summed E-state index contributed by atoms with van der Waals surface area (Å²) in [5.74, 6) is -0.987. The SMILES string of the molecule is Cc1cc(-n2c(C)cc(C(=O)Cn3c(C(F)(F)F)ccc(C(N)=O)c3=O)c2C)no1. The molecule has 0 aliphatic heterocycles. The second-order valence-electron chi connectivity index (χ2n) is 6.72. The van der Waals surface area contributed by atoms with Crippen LogP contribution in [-0.4, -0.2) is 26.0 Å². The molecular formula is C19H17F3N4O4. The number of ketones is 1. The number of carbonyl (C=O) groups is 2. The molecule has 11 heteroatoms. The Labute approximate surface area is 167 Å². The van der Waals surface area contributed by atoms with Crippen LogP contribution in [0.4, 0.5) is 13.2 Å². The Morgan fingerprint density at radius 1 is 1.13 bits per heavy atom. The smallest absolute Gasteiger partial charge is 0.365 e. The molecule has 0 fully saturated rings. The largest absolute Gasteiger partial charge is 0.431 e. The van der Waals surface area contributed by atoms with Crippen LogP contribution >= 0.6 is 0 Å². The van der Waals surface area contributed by atoms with Gasteiger partial charge in [-0.2, -0.15) is 13.2 Å². The van der Waals surface area contributed by atoms with E-state index in [0.29, 0.717) is 35.1 Å². The summed E-state index contributed by atoms with van der Waals surface area (Å²) in [6.45, 7) is 4.05. The van der Waals surface area contributed by atoms with Crippen molar-refractivity contribution < 1.29 is 27.3 Å². The van der Waals surface area contributed by atoms with Crippen molar-refractivity contribution in [1.82, 2.24) is 14.3 Å². The van der Waals surface area contributed by atoms with Crippen molar-refractivity contribution in [2.24, 2.45) is 5.73 Å². The zero-order chi connectivity index (χ0) is 22.4. The van der Waals surface area contributed by atoms with Crippen molar-refractivity contribution >= 4 is 11.7 Å². The van der Waals surface area contributed by atoms with E-state index >= 15 is 0 Å². The summed E-state index contributed by atoms with van der Waals surface area (Å²) in [6.07, 6.45) is -4.91. The van der Waals surface area contributed by atoms with Gasteiger partial charge in [0.05, 0.1) is 6.54 Å². The summed E-state index contributed by atoms with van der Waals surface area (Å²) in [5, 5.41) is 3.88. The molecule has 0 atom stereocenters. The quantitative estimate of drug-likeness (QED) is 0.635. The Kier molecular flexibility index (Phi) is 5.15.